The Hall–Kier alpha value is -1.12. The van der Waals surface area contributed by atoms with Crippen molar-refractivity contribution < 1.29 is 17.9 Å². The van der Waals surface area contributed by atoms with Crippen LogP contribution in [0, 0.1) is 9.49 Å². The molecular weight excluding hydrogens is 408 g/mol. The molecule has 7 heteroatoms. The lowest BCUT2D eigenvalue weighted by Crippen LogP contribution is -2.32. The number of hydrogen-bond acceptors (Lipinski definition) is 3. The van der Waals surface area contributed by atoms with E-state index in [2.05, 4.69) is 32.6 Å². The largest absolute Gasteiger partial charge is 0.474 e. The van der Waals surface area contributed by atoms with Gasteiger partial charge in [-0.2, -0.15) is 13.2 Å². The lowest BCUT2D eigenvalue weighted by atomic mass is 9.87. The summed E-state index contributed by atoms with van der Waals surface area (Å²) in [5.41, 5.74) is 0.803. The average Bonchev–Trinajstić information content (AvgIpc) is 2.48. The molecule has 118 valence electrons. The van der Waals surface area contributed by atoms with Gasteiger partial charge >= 0.3 is 6.18 Å². The molecule has 0 N–H and O–H groups in total. The van der Waals surface area contributed by atoms with Crippen LogP contribution in [0.25, 0.3) is 10.9 Å². The molecule has 1 heterocycles. The molecule has 0 amide bonds. The summed E-state index contributed by atoms with van der Waals surface area (Å²) in [6.45, 7) is 0. The lowest BCUT2D eigenvalue weighted by molar-refractivity contribution is -0.185. The number of ether oxygens (including phenoxy) is 1. The summed E-state index contributed by atoms with van der Waals surface area (Å²) >= 11 is 2.19. The molecule has 0 aliphatic heterocycles. The van der Waals surface area contributed by atoms with E-state index in [-0.39, 0.29) is 18.9 Å². The molecule has 0 saturated heterocycles. The maximum atomic E-state index is 12.7. The van der Waals surface area contributed by atoms with Crippen LogP contribution >= 0.6 is 22.6 Å². The van der Waals surface area contributed by atoms with E-state index in [1.54, 1.807) is 0 Å². The van der Waals surface area contributed by atoms with E-state index >= 15 is 0 Å². The van der Waals surface area contributed by atoms with Crippen molar-refractivity contribution in [3.8, 4) is 5.88 Å². The second-order valence-corrected chi connectivity index (χ2v) is 6.61. The molecule has 1 saturated carbocycles. The zero-order chi connectivity index (χ0) is 15.7. The number of halogens is 4. The summed E-state index contributed by atoms with van der Waals surface area (Å²) in [7, 11) is 0. The summed E-state index contributed by atoms with van der Waals surface area (Å²) in [5, 5.41) is 0.798. The molecule has 0 atom stereocenters. The van der Waals surface area contributed by atoms with Gasteiger partial charge in [0.1, 0.15) is 12.4 Å². The predicted molar refractivity (Wildman–Crippen MR) is 84.7 cm³/mol. The zero-order valence-corrected chi connectivity index (χ0v) is 13.8. The predicted octanol–water partition coefficient (Wildman–Crippen LogP) is 4.73. The molecule has 0 spiro atoms. The van der Waals surface area contributed by atoms with Gasteiger partial charge in [0, 0.05) is 3.57 Å². The van der Waals surface area contributed by atoms with Crippen molar-refractivity contribution in [1.82, 2.24) is 9.97 Å². The smallest absolute Gasteiger partial charge is 0.391 e. The third-order valence-corrected chi connectivity index (χ3v) is 4.86. The van der Waals surface area contributed by atoms with E-state index in [0.29, 0.717) is 18.7 Å². The molecule has 3 rings (SSSR count). The highest BCUT2D eigenvalue weighted by atomic mass is 127. The van der Waals surface area contributed by atoms with Gasteiger partial charge in [-0.15, -0.1) is 0 Å². The van der Waals surface area contributed by atoms with Crippen LogP contribution in [0.1, 0.15) is 25.7 Å². The molecule has 0 bridgehead atoms. The number of aromatic nitrogens is 2. The van der Waals surface area contributed by atoms with Gasteiger partial charge in [-0.25, -0.2) is 9.97 Å². The minimum Gasteiger partial charge on any atom is -0.474 e. The number of alkyl halides is 3. The molecule has 1 aromatic carbocycles. The third-order valence-electron chi connectivity index (χ3n) is 3.99. The monoisotopic (exact) mass is 422 g/mol. The first-order valence-corrected chi connectivity index (χ1v) is 8.15. The summed E-state index contributed by atoms with van der Waals surface area (Å²) < 4.78 is 44.9. The van der Waals surface area contributed by atoms with Gasteiger partial charge in [0.15, 0.2) is 0 Å². The highest BCUT2D eigenvalue weighted by Gasteiger charge is 2.41. The number of benzene rings is 1. The van der Waals surface area contributed by atoms with E-state index in [1.165, 1.54) is 6.33 Å². The Balaban J connectivity index is 1.74. The molecule has 1 aliphatic carbocycles. The summed E-state index contributed by atoms with van der Waals surface area (Å²) in [5.74, 6) is -0.741. The number of rotatable bonds is 2. The Bertz CT molecular complexity index is 669. The average molecular weight is 422 g/mol. The fourth-order valence-corrected chi connectivity index (χ4v) is 3.42. The lowest BCUT2D eigenvalue weighted by Gasteiger charge is -2.30. The molecule has 3 nitrogen and oxygen atoms in total. The van der Waals surface area contributed by atoms with Crippen LogP contribution in [0.4, 0.5) is 13.2 Å². The van der Waals surface area contributed by atoms with Crippen LogP contribution < -0.4 is 4.74 Å². The standard InChI is InChI=1S/C15H14F3IN2O/c16-15(17,18)9-4-6-10(7-5-9)22-14-11-2-1-3-12(19)13(11)20-8-21-14/h1-3,8-10H,4-7H2. The summed E-state index contributed by atoms with van der Waals surface area (Å²) in [6, 6.07) is 5.70. The van der Waals surface area contributed by atoms with Crippen LogP contribution in [0.3, 0.4) is 0 Å². The van der Waals surface area contributed by atoms with E-state index in [1.807, 2.05) is 18.2 Å². The van der Waals surface area contributed by atoms with E-state index in [4.69, 9.17) is 4.74 Å². The van der Waals surface area contributed by atoms with Crippen molar-refractivity contribution in [2.75, 3.05) is 0 Å². The van der Waals surface area contributed by atoms with Gasteiger partial charge in [0.05, 0.1) is 16.8 Å². The fourth-order valence-electron chi connectivity index (χ4n) is 2.79. The van der Waals surface area contributed by atoms with Crippen LogP contribution in [0.2, 0.25) is 0 Å². The zero-order valence-electron chi connectivity index (χ0n) is 11.6. The Labute approximate surface area is 139 Å². The van der Waals surface area contributed by atoms with Crippen molar-refractivity contribution in [3.63, 3.8) is 0 Å². The van der Waals surface area contributed by atoms with Crippen LogP contribution in [-0.2, 0) is 0 Å². The number of nitrogens with zero attached hydrogens (tertiary/aromatic N) is 2. The Morgan fingerprint density at radius 1 is 1.09 bits per heavy atom. The molecular formula is C15H14F3IN2O. The van der Waals surface area contributed by atoms with Gasteiger partial charge < -0.3 is 4.74 Å². The maximum Gasteiger partial charge on any atom is 0.391 e. The second-order valence-electron chi connectivity index (χ2n) is 5.45. The Morgan fingerprint density at radius 3 is 2.50 bits per heavy atom. The van der Waals surface area contributed by atoms with Gasteiger partial charge in [-0.3, -0.25) is 0 Å². The number of fused-ring (bicyclic) bond motifs is 1. The topological polar surface area (TPSA) is 35.0 Å². The quantitative estimate of drug-likeness (QED) is 0.657. The van der Waals surface area contributed by atoms with Crippen molar-refractivity contribution in [2.24, 2.45) is 5.92 Å². The third kappa shape index (κ3) is 3.28. The van der Waals surface area contributed by atoms with Crippen LogP contribution in [0.15, 0.2) is 24.5 Å². The molecule has 0 unspecified atom stereocenters. The van der Waals surface area contributed by atoms with Gasteiger partial charge in [0.2, 0.25) is 5.88 Å². The molecule has 2 aromatic rings. The van der Waals surface area contributed by atoms with E-state index in [9.17, 15) is 13.2 Å². The number of hydrogen-bond donors (Lipinski definition) is 0. The minimum atomic E-state index is -4.09. The Morgan fingerprint density at radius 2 is 1.82 bits per heavy atom. The highest BCUT2D eigenvalue weighted by Crippen LogP contribution is 2.38. The van der Waals surface area contributed by atoms with Crippen LogP contribution in [0.5, 0.6) is 5.88 Å². The van der Waals surface area contributed by atoms with Crippen molar-refractivity contribution in [2.45, 2.75) is 38.0 Å². The summed E-state index contributed by atoms with van der Waals surface area (Å²) in [6.07, 6.45) is -1.83. The van der Waals surface area contributed by atoms with E-state index < -0.39 is 12.1 Å². The summed E-state index contributed by atoms with van der Waals surface area (Å²) in [4.78, 5) is 8.38. The first kappa shape index (κ1) is 15.8. The second kappa shape index (κ2) is 6.17. The fraction of sp³-hybridized carbons (Fsp3) is 0.467. The maximum absolute atomic E-state index is 12.7. The van der Waals surface area contributed by atoms with Crippen molar-refractivity contribution in [3.05, 3.63) is 28.1 Å². The minimum absolute atomic E-state index is 0.120. The van der Waals surface area contributed by atoms with Gasteiger partial charge in [-0.05, 0) is 60.4 Å². The van der Waals surface area contributed by atoms with Crippen LogP contribution in [-0.4, -0.2) is 22.2 Å². The van der Waals surface area contributed by atoms with Crippen molar-refractivity contribution in [1.29, 1.82) is 0 Å². The Kier molecular flexibility index (Phi) is 4.42. The van der Waals surface area contributed by atoms with Crippen molar-refractivity contribution >= 4 is 33.5 Å². The molecule has 1 aliphatic rings. The molecule has 1 fully saturated rings. The first-order chi connectivity index (χ1) is 10.4. The van der Waals surface area contributed by atoms with E-state index in [0.717, 1.165) is 14.5 Å². The van der Waals surface area contributed by atoms with Gasteiger partial charge in [-0.1, -0.05) is 6.07 Å². The SMILES string of the molecule is FC(F)(F)C1CCC(Oc2ncnc3c(I)cccc23)CC1. The molecule has 22 heavy (non-hydrogen) atoms. The first-order valence-electron chi connectivity index (χ1n) is 7.08. The highest BCUT2D eigenvalue weighted by molar-refractivity contribution is 14.1. The molecule has 0 radical (unpaired) electrons. The molecule has 1 aromatic heterocycles. The van der Waals surface area contributed by atoms with Gasteiger partial charge in [0.25, 0.3) is 0 Å². The number of para-hydroxylation sites is 1. The normalized spacial score (nSPS) is 22.7.